The van der Waals surface area contributed by atoms with E-state index < -0.39 is 0 Å². The fourth-order valence-corrected chi connectivity index (χ4v) is 4.54. The Morgan fingerprint density at radius 2 is 1.75 bits per heavy atom. The van der Waals surface area contributed by atoms with Crippen LogP contribution in [0.3, 0.4) is 0 Å². The van der Waals surface area contributed by atoms with E-state index in [4.69, 9.17) is 11.6 Å². The van der Waals surface area contributed by atoms with Crippen molar-refractivity contribution in [3.63, 3.8) is 0 Å². The number of nitrogens with zero attached hydrogens (tertiary/aromatic N) is 2. The minimum Gasteiger partial charge on any atom is -0.358 e. The van der Waals surface area contributed by atoms with Gasteiger partial charge in [-0.25, -0.2) is 4.39 Å². The van der Waals surface area contributed by atoms with E-state index >= 15 is 0 Å². The van der Waals surface area contributed by atoms with Gasteiger partial charge in [0.25, 0.3) is 5.91 Å². The maximum Gasteiger partial charge on any atom is 0.263 e. The summed E-state index contributed by atoms with van der Waals surface area (Å²) < 4.78 is 14.0. The van der Waals surface area contributed by atoms with Crippen molar-refractivity contribution in [2.45, 2.75) is 0 Å². The number of rotatable bonds is 3. The van der Waals surface area contributed by atoms with Crippen molar-refractivity contribution in [3.8, 4) is 0 Å². The van der Waals surface area contributed by atoms with Gasteiger partial charge in [-0.3, -0.25) is 9.69 Å². The Bertz CT molecular complexity index is 1080. The lowest BCUT2D eigenvalue weighted by Gasteiger charge is -2.35. The second-order valence-corrected chi connectivity index (χ2v) is 7.78. The Morgan fingerprint density at radius 1 is 0.964 bits per heavy atom. The third-order valence-electron chi connectivity index (χ3n) is 5.78. The third-order valence-corrected chi connectivity index (χ3v) is 6.11. The first-order chi connectivity index (χ1) is 13.6. The van der Waals surface area contributed by atoms with Crippen molar-refractivity contribution in [3.05, 3.63) is 71.0 Å². The Labute approximate surface area is 167 Å². The summed E-state index contributed by atoms with van der Waals surface area (Å²) in [7, 11) is 0. The molecule has 0 aliphatic carbocycles. The maximum absolute atomic E-state index is 14.0. The number of carbonyl (C=O) groups is 1. The van der Waals surface area contributed by atoms with Crippen molar-refractivity contribution >= 4 is 39.7 Å². The number of amides is 1. The first-order valence-electron chi connectivity index (χ1n) is 9.49. The van der Waals surface area contributed by atoms with E-state index in [2.05, 4.69) is 4.90 Å². The van der Waals surface area contributed by atoms with Crippen LogP contribution in [-0.2, 0) is 0 Å². The molecule has 4 nitrogen and oxygen atoms in total. The van der Waals surface area contributed by atoms with Crippen molar-refractivity contribution < 1.29 is 14.1 Å². The second-order valence-electron chi connectivity index (χ2n) is 7.37. The summed E-state index contributed by atoms with van der Waals surface area (Å²) in [5, 5.41) is 2.54. The van der Waals surface area contributed by atoms with Crippen LogP contribution in [-0.4, -0.2) is 38.8 Å². The van der Waals surface area contributed by atoms with Crippen molar-refractivity contribution in [2.75, 3.05) is 42.6 Å². The monoisotopic (exact) mass is 396 g/mol. The summed E-state index contributed by atoms with van der Waals surface area (Å²) in [6, 6.07) is 16.4. The first kappa shape index (κ1) is 17.5. The second kappa shape index (κ2) is 6.76. The third kappa shape index (κ3) is 2.74. The fraction of sp³-hybridized carbons (Fsp3) is 0.227. The van der Waals surface area contributed by atoms with Crippen LogP contribution in [0.5, 0.6) is 0 Å². The highest BCUT2D eigenvalue weighted by Gasteiger charge is 2.34. The number of quaternary nitrogens is 1. The zero-order chi connectivity index (χ0) is 19.3. The van der Waals surface area contributed by atoms with Gasteiger partial charge in [-0.2, -0.15) is 0 Å². The summed E-state index contributed by atoms with van der Waals surface area (Å²) >= 11 is 6.33. The molecule has 0 radical (unpaired) electrons. The predicted octanol–water partition coefficient (Wildman–Crippen LogP) is 2.96. The molecule has 6 heteroatoms. The Balaban J connectivity index is 1.34. The molecule has 3 aromatic carbocycles. The number of halogens is 2. The topological polar surface area (TPSA) is 28.0 Å². The van der Waals surface area contributed by atoms with Gasteiger partial charge < -0.3 is 9.80 Å². The number of hydrogen-bond donors (Lipinski definition) is 1. The molecule has 0 atom stereocenters. The fourth-order valence-electron chi connectivity index (χ4n) is 4.32. The number of hydrogen-bond acceptors (Lipinski definition) is 2. The van der Waals surface area contributed by atoms with Gasteiger partial charge in [0.2, 0.25) is 0 Å². The lowest BCUT2D eigenvalue weighted by molar-refractivity contribution is -0.899. The zero-order valence-electron chi connectivity index (χ0n) is 15.3. The number of benzene rings is 3. The molecule has 0 spiro atoms. The molecule has 2 aliphatic rings. The summed E-state index contributed by atoms with van der Waals surface area (Å²) in [4.78, 5) is 18.3. The van der Waals surface area contributed by atoms with E-state index in [0.717, 1.165) is 48.2 Å². The van der Waals surface area contributed by atoms with Gasteiger partial charge in [-0.15, -0.1) is 0 Å². The van der Waals surface area contributed by atoms with E-state index in [9.17, 15) is 9.18 Å². The van der Waals surface area contributed by atoms with E-state index in [0.29, 0.717) is 17.4 Å². The van der Waals surface area contributed by atoms with Gasteiger partial charge in [0.05, 0.1) is 43.1 Å². The van der Waals surface area contributed by atoms with Crippen molar-refractivity contribution in [1.29, 1.82) is 0 Å². The van der Waals surface area contributed by atoms with Crippen LogP contribution in [0.1, 0.15) is 10.4 Å². The number of carbonyl (C=O) groups excluding carboxylic acids is 1. The van der Waals surface area contributed by atoms with Crippen LogP contribution in [0.15, 0.2) is 54.6 Å². The molecular formula is C22H20ClFN3O+. The number of nitrogens with one attached hydrogen (secondary N) is 1. The van der Waals surface area contributed by atoms with Gasteiger partial charge >= 0.3 is 0 Å². The van der Waals surface area contributed by atoms with Crippen LogP contribution in [0, 0.1) is 5.82 Å². The maximum atomic E-state index is 14.0. The standard InChI is InChI=1S/C22H19ClFN3O/c23-17-8-9-20-21-15(17)4-3-5-16(21)22(28)27(20)14-25-10-12-26(13-11-25)19-7-2-1-6-18(19)24/h1-9H,10-14H2/p+1. The molecular weight excluding hydrogens is 377 g/mol. The lowest BCUT2D eigenvalue weighted by atomic mass is 10.1. The predicted molar refractivity (Wildman–Crippen MR) is 110 cm³/mol. The number of piperazine rings is 1. The highest BCUT2D eigenvalue weighted by Crippen LogP contribution is 2.39. The summed E-state index contributed by atoms with van der Waals surface area (Å²) in [6.07, 6.45) is 0. The molecule has 28 heavy (non-hydrogen) atoms. The highest BCUT2D eigenvalue weighted by atomic mass is 35.5. The molecule has 0 bridgehead atoms. The van der Waals surface area contributed by atoms with Crippen molar-refractivity contribution in [2.24, 2.45) is 0 Å². The molecule has 5 rings (SSSR count). The van der Waals surface area contributed by atoms with Crippen molar-refractivity contribution in [1.82, 2.24) is 0 Å². The minimum atomic E-state index is -0.181. The van der Waals surface area contributed by atoms with Gasteiger partial charge in [-0.05, 0) is 30.3 Å². The van der Waals surface area contributed by atoms with Crippen LogP contribution in [0.4, 0.5) is 15.8 Å². The SMILES string of the molecule is O=C1c2cccc3c(Cl)ccc(c23)N1C[NH+]1CCN(c2ccccc2F)CC1. The van der Waals surface area contributed by atoms with Crippen LogP contribution in [0.25, 0.3) is 10.8 Å². The zero-order valence-corrected chi connectivity index (χ0v) is 16.0. The summed E-state index contributed by atoms with van der Waals surface area (Å²) in [5.41, 5.74) is 2.31. The highest BCUT2D eigenvalue weighted by molar-refractivity contribution is 6.38. The molecule has 0 unspecified atom stereocenters. The Kier molecular flexibility index (Phi) is 4.22. The van der Waals surface area contributed by atoms with Crippen LogP contribution in [0.2, 0.25) is 5.02 Å². The quantitative estimate of drug-likeness (QED) is 0.737. The molecule has 2 aliphatic heterocycles. The first-order valence-corrected chi connectivity index (χ1v) is 9.87. The normalized spacial score (nSPS) is 17.0. The molecule has 0 saturated carbocycles. The number of anilines is 2. The van der Waals surface area contributed by atoms with Gasteiger partial charge in [-0.1, -0.05) is 35.9 Å². The molecule has 2 heterocycles. The molecule has 0 aromatic heterocycles. The molecule has 1 saturated heterocycles. The Hall–Kier alpha value is -2.63. The molecule has 1 N–H and O–H groups in total. The van der Waals surface area contributed by atoms with Gasteiger partial charge in [0.15, 0.2) is 6.67 Å². The van der Waals surface area contributed by atoms with Gasteiger partial charge in [0, 0.05) is 15.8 Å². The van der Waals surface area contributed by atoms with E-state index in [1.807, 2.05) is 47.4 Å². The molecule has 3 aromatic rings. The average molecular weight is 397 g/mol. The van der Waals surface area contributed by atoms with E-state index in [1.165, 1.54) is 11.0 Å². The lowest BCUT2D eigenvalue weighted by Crippen LogP contribution is -3.16. The van der Waals surface area contributed by atoms with Crippen LogP contribution < -0.4 is 14.7 Å². The van der Waals surface area contributed by atoms with E-state index in [1.54, 1.807) is 6.07 Å². The summed E-state index contributed by atoms with van der Waals surface area (Å²) in [6.45, 7) is 3.84. The minimum absolute atomic E-state index is 0.0342. The largest absolute Gasteiger partial charge is 0.358 e. The number of para-hydroxylation sites is 1. The Morgan fingerprint density at radius 3 is 2.54 bits per heavy atom. The molecule has 1 amide bonds. The van der Waals surface area contributed by atoms with E-state index in [-0.39, 0.29) is 11.7 Å². The smallest absolute Gasteiger partial charge is 0.263 e. The summed E-state index contributed by atoms with van der Waals surface area (Å²) in [5.74, 6) is -0.147. The molecule has 1 fully saturated rings. The van der Waals surface area contributed by atoms with Crippen LogP contribution >= 0.6 is 11.6 Å². The average Bonchev–Trinajstić information content (AvgIpc) is 2.99. The molecule has 142 valence electrons. The van der Waals surface area contributed by atoms with Gasteiger partial charge in [0.1, 0.15) is 5.82 Å².